The summed E-state index contributed by atoms with van der Waals surface area (Å²) >= 11 is 0. The lowest BCUT2D eigenvalue weighted by atomic mass is 10.2. The normalized spacial score (nSPS) is 10.7. The Hall–Kier alpha value is -1.95. The number of nitrogens with zero attached hydrogens (tertiary/aromatic N) is 3. The van der Waals surface area contributed by atoms with Crippen LogP contribution in [0, 0.1) is 6.92 Å². The van der Waals surface area contributed by atoms with Crippen molar-refractivity contribution in [3.63, 3.8) is 0 Å². The molecule has 90 valence electrons. The zero-order chi connectivity index (χ0) is 12.3. The van der Waals surface area contributed by atoms with Crippen molar-refractivity contribution >= 4 is 0 Å². The highest BCUT2D eigenvalue weighted by Gasteiger charge is 2.10. The number of nitrogens with one attached hydrogen (secondary N) is 1. The highest BCUT2D eigenvalue weighted by Crippen LogP contribution is 2.10. The fraction of sp³-hybridized carbons (Fsp3) is 0.364. The Morgan fingerprint density at radius 1 is 1.53 bits per heavy atom. The van der Waals surface area contributed by atoms with E-state index in [9.17, 15) is 4.79 Å². The van der Waals surface area contributed by atoms with Crippen molar-refractivity contribution in [2.75, 3.05) is 13.7 Å². The molecule has 2 aromatic rings. The SMILES string of the molecule is COCCn1cnnc1-c1c[nH]c(C)cc1=O. The summed E-state index contributed by atoms with van der Waals surface area (Å²) in [6.07, 6.45) is 3.25. The van der Waals surface area contributed by atoms with Crippen LogP contribution >= 0.6 is 0 Å². The van der Waals surface area contributed by atoms with Gasteiger partial charge >= 0.3 is 0 Å². The first-order valence-electron chi connectivity index (χ1n) is 5.29. The minimum atomic E-state index is -0.0621. The van der Waals surface area contributed by atoms with Gasteiger partial charge in [-0.3, -0.25) is 4.79 Å². The van der Waals surface area contributed by atoms with Crippen LogP contribution in [-0.2, 0) is 11.3 Å². The Balaban J connectivity index is 2.39. The maximum absolute atomic E-state index is 11.8. The average Bonchev–Trinajstić information content (AvgIpc) is 2.74. The summed E-state index contributed by atoms with van der Waals surface area (Å²) < 4.78 is 6.79. The van der Waals surface area contributed by atoms with Crippen molar-refractivity contribution in [2.45, 2.75) is 13.5 Å². The van der Waals surface area contributed by atoms with Crippen LogP contribution in [0.4, 0.5) is 0 Å². The largest absolute Gasteiger partial charge is 0.383 e. The van der Waals surface area contributed by atoms with E-state index in [-0.39, 0.29) is 5.43 Å². The van der Waals surface area contributed by atoms with Crippen LogP contribution < -0.4 is 5.43 Å². The van der Waals surface area contributed by atoms with Crippen molar-refractivity contribution in [3.05, 3.63) is 34.5 Å². The van der Waals surface area contributed by atoms with Gasteiger partial charge in [0.2, 0.25) is 0 Å². The number of aryl methyl sites for hydroxylation is 1. The molecule has 2 heterocycles. The molecule has 2 aromatic heterocycles. The van der Waals surface area contributed by atoms with Gasteiger partial charge in [0.05, 0.1) is 12.2 Å². The quantitative estimate of drug-likeness (QED) is 0.840. The molecular weight excluding hydrogens is 220 g/mol. The minimum Gasteiger partial charge on any atom is -0.383 e. The lowest BCUT2D eigenvalue weighted by Crippen LogP contribution is -2.11. The molecule has 6 heteroatoms. The van der Waals surface area contributed by atoms with Crippen LogP contribution in [0.2, 0.25) is 0 Å². The summed E-state index contributed by atoms with van der Waals surface area (Å²) in [5.41, 5.74) is 1.28. The molecule has 0 aliphatic carbocycles. The minimum absolute atomic E-state index is 0.0621. The van der Waals surface area contributed by atoms with Crippen LogP contribution in [0.15, 0.2) is 23.4 Å². The molecule has 0 atom stereocenters. The van der Waals surface area contributed by atoms with E-state index in [1.807, 2.05) is 6.92 Å². The molecule has 0 radical (unpaired) electrons. The molecule has 0 spiro atoms. The van der Waals surface area contributed by atoms with Crippen molar-refractivity contribution < 1.29 is 4.74 Å². The molecule has 1 N–H and O–H groups in total. The Bertz CT molecular complexity index is 559. The molecule has 2 rings (SSSR count). The fourth-order valence-corrected chi connectivity index (χ4v) is 1.56. The maximum atomic E-state index is 11.8. The van der Waals surface area contributed by atoms with Crippen molar-refractivity contribution in [3.8, 4) is 11.4 Å². The molecule has 0 aliphatic heterocycles. The van der Waals surface area contributed by atoms with Gasteiger partial charge in [-0.25, -0.2) is 0 Å². The van der Waals surface area contributed by atoms with Crippen molar-refractivity contribution in [1.82, 2.24) is 19.7 Å². The first-order chi connectivity index (χ1) is 8.22. The van der Waals surface area contributed by atoms with E-state index in [4.69, 9.17) is 4.74 Å². The van der Waals surface area contributed by atoms with Crippen LogP contribution in [0.5, 0.6) is 0 Å². The molecule has 17 heavy (non-hydrogen) atoms. The lowest BCUT2D eigenvalue weighted by molar-refractivity contribution is 0.187. The number of aromatic amines is 1. The molecule has 0 amide bonds. The molecule has 0 unspecified atom stereocenters. The molecule has 0 saturated carbocycles. The second-order valence-electron chi connectivity index (χ2n) is 3.73. The molecule has 0 fully saturated rings. The lowest BCUT2D eigenvalue weighted by Gasteiger charge is -2.05. The molecule has 6 nitrogen and oxygen atoms in total. The van der Waals surface area contributed by atoms with E-state index in [1.165, 1.54) is 0 Å². The van der Waals surface area contributed by atoms with Crippen LogP contribution in [0.3, 0.4) is 0 Å². The van der Waals surface area contributed by atoms with Gasteiger partial charge in [-0.2, -0.15) is 0 Å². The van der Waals surface area contributed by atoms with E-state index in [0.717, 1.165) is 5.69 Å². The second-order valence-corrected chi connectivity index (χ2v) is 3.73. The Morgan fingerprint density at radius 3 is 3.06 bits per heavy atom. The number of hydrogen-bond acceptors (Lipinski definition) is 4. The summed E-state index contributed by atoms with van der Waals surface area (Å²) in [4.78, 5) is 14.8. The monoisotopic (exact) mass is 234 g/mol. The number of hydrogen-bond donors (Lipinski definition) is 1. The maximum Gasteiger partial charge on any atom is 0.192 e. The summed E-state index contributed by atoms with van der Waals surface area (Å²) in [5.74, 6) is 0.559. The summed E-state index contributed by atoms with van der Waals surface area (Å²) in [6, 6.07) is 1.55. The predicted octanol–water partition coefficient (Wildman–Crippen LogP) is 0.588. The van der Waals surface area contributed by atoms with Gasteiger partial charge in [0.15, 0.2) is 11.3 Å². The number of rotatable bonds is 4. The Labute approximate surface area is 98.3 Å². The molecule has 0 aromatic carbocycles. The first-order valence-corrected chi connectivity index (χ1v) is 5.29. The average molecular weight is 234 g/mol. The molecule has 0 aliphatic rings. The van der Waals surface area contributed by atoms with Gasteiger partial charge in [-0.1, -0.05) is 0 Å². The zero-order valence-electron chi connectivity index (χ0n) is 9.80. The van der Waals surface area contributed by atoms with Gasteiger partial charge < -0.3 is 14.3 Å². The van der Waals surface area contributed by atoms with Crippen LogP contribution in [0.25, 0.3) is 11.4 Å². The third kappa shape index (κ3) is 2.42. The van der Waals surface area contributed by atoms with Crippen LogP contribution in [0.1, 0.15) is 5.69 Å². The third-order valence-electron chi connectivity index (χ3n) is 2.45. The Morgan fingerprint density at radius 2 is 2.35 bits per heavy atom. The number of ether oxygens (including phenoxy) is 1. The van der Waals surface area contributed by atoms with E-state index >= 15 is 0 Å². The summed E-state index contributed by atoms with van der Waals surface area (Å²) in [5, 5.41) is 7.79. The number of methoxy groups -OCH3 is 1. The van der Waals surface area contributed by atoms with E-state index < -0.39 is 0 Å². The first kappa shape index (κ1) is 11.5. The Kier molecular flexibility index (Phi) is 3.34. The number of H-pyrrole nitrogens is 1. The van der Waals surface area contributed by atoms with Crippen LogP contribution in [-0.4, -0.2) is 33.5 Å². The van der Waals surface area contributed by atoms with Crippen molar-refractivity contribution in [1.29, 1.82) is 0 Å². The van der Waals surface area contributed by atoms with E-state index in [0.29, 0.717) is 24.5 Å². The standard InChI is InChI=1S/C11H14N4O2/c1-8-5-10(16)9(6-12-8)11-14-13-7-15(11)3-4-17-2/h5-7H,3-4H2,1-2H3,(H,12,16). The van der Waals surface area contributed by atoms with Gasteiger partial charge in [0.1, 0.15) is 6.33 Å². The van der Waals surface area contributed by atoms with Gasteiger partial charge in [0, 0.05) is 31.6 Å². The molecule has 0 bridgehead atoms. The highest BCUT2D eigenvalue weighted by molar-refractivity contribution is 5.53. The van der Waals surface area contributed by atoms with Gasteiger partial charge in [-0.15, -0.1) is 10.2 Å². The van der Waals surface area contributed by atoms with Gasteiger partial charge in [0.25, 0.3) is 0 Å². The number of pyridine rings is 1. The second kappa shape index (κ2) is 4.92. The highest BCUT2D eigenvalue weighted by atomic mass is 16.5. The predicted molar refractivity (Wildman–Crippen MR) is 62.7 cm³/mol. The molecule has 0 saturated heterocycles. The van der Waals surface area contributed by atoms with Gasteiger partial charge in [-0.05, 0) is 6.92 Å². The summed E-state index contributed by atoms with van der Waals surface area (Å²) in [7, 11) is 1.63. The zero-order valence-corrected chi connectivity index (χ0v) is 9.80. The third-order valence-corrected chi connectivity index (χ3v) is 2.45. The van der Waals surface area contributed by atoms with E-state index in [1.54, 1.807) is 30.3 Å². The molecular formula is C11H14N4O2. The summed E-state index contributed by atoms with van der Waals surface area (Å²) in [6.45, 7) is 3.00. The number of aromatic nitrogens is 4. The van der Waals surface area contributed by atoms with Crippen molar-refractivity contribution in [2.24, 2.45) is 0 Å². The smallest absolute Gasteiger partial charge is 0.192 e. The fourth-order valence-electron chi connectivity index (χ4n) is 1.56. The van der Waals surface area contributed by atoms with E-state index in [2.05, 4.69) is 15.2 Å². The topological polar surface area (TPSA) is 72.8 Å².